The summed E-state index contributed by atoms with van der Waals surface area (Å²) >= 11 is 0. The van der Waals surface area contributed by atoms with E-state index in [0.29, 0.717) is 6.04 Å². The number of aryl methyl sites for hydroxylation is 2. The Morgan fingerprint density at radius 3 is 2.25 bits per heavy atom. The molecule has 9 heteroatoms. The fourth-order valence-electron chi connectivity index (χ4n) is 4.25. The van der Waals surface area contributed by atoms with Gasteiger partial charge in [-0.15, -0.1) is 12.4 Å². The van der Waals surface area contributed by atoms with Crippen LogP contribution in [0, 0.1) is 13.8 Å². The molecule has 0 unspecified atom stereocenters. The van der Waals surface area contributed by atoms with Gasteiger partial charge in [0.2, 0.25) is 0 Å². The summed E-state index contributed by atoms with van der Waals surface area (Å²) in [5, 5.41) is 8.06. The van der Waals surface area contributed by atoms with Gasteiger partial charge in [0.05, 0.1) is 42.8 Å². The number of halogens is 1. The second kappa shape index (κ2) is 11.6. The lowest BCUT2D eigenvalue weighted by Crippen LogP contribution is -2.32. The van der Waals surface area contributed by atoms with Crippen LogP contribution in [-0.2, 0) is 7.05 Å². The van der Waals surface area contributed by atoms with Crippen LogP contribution in [0.25, 0.3) is 22.3 Å². The molecule has 0 aliphatic carbocycles. The summed E-state index contributed by atoms with van der Waals surface area (Å²) in [7, 11) is 5.28. The maximum absolute atomic E-state index is 5.53. The van der Waals surface area contributed by atoms with E-state index in [0.717, 1.165) is 69.6 Å². The minimum absolute atomic E-state index is 0. The summed E-state index contributed by atoms with van der Waals surface area (Å²) in [4.78, 5) is 11.9. The Labute approximate surface area is 219 Å². The molecule has 2 aromatic heterocycles. The third-order valence-corrected chi connectivity index (χ3v) is 6.14. The molecule has 0 radical (unpaired) electrons. The van der Waals surface area contributed by atoms with Crippen LogP contribution >= 0.6 is 12.4 Å². The van der Waals surface area contributed by atoms with Gasteiger partial charge in [-0.3, -0.25) is 9.67 Å². The highest BCUT2D eigenvalue weighted by Crippen LogP contribution is 2.34. The minimum atomic E-state index is 0. The maximum Gasteiger partial charge on any atom is 0.124 e. The monoisotopic (exact) mass is 510 g/mol. The number of benzene rings is 2. The molecule has 36 heavy (non-hydrogen) atoms. The Bertz CT molecular complexity index is 1320. The smallest absolute Gasteiger partial charge is 0.124 e. The van der Waals surface area contributed by atoms with Crippen molar-refractivity contribution in [3.63, 3.8) is 0 Å². The van der Waals surface area contributed by atoms with E-state index in [1.54, 1.807) is 14.2 Å². The number of aromatic nitrogens is 4. The van der Waals surface area contributed by atoms with Gasteiger partial charge in [0.25, 0.3) is 0 Å². The summed E-state index contributed by atoms with van der Waals surface area (Å²) in [5.74, 6) is 1.48. The highest BCUT2D eigenvalue weighted by molar-refractivity contribution is 5.85. The number of ether oxygens (including phenoxy) is 2. The van der Waals surface area contributed by atoms with E-state index < -0.39 is 0 Å². The lowest BCUT2D eigenvalue weighted by Gasteiger charge is -2.27. The van der Waals surface area contributed by atoms with Crippen LogP contribution in [-0.4, -0.2) is 53.1 Å². The van der Waals surface area contributed by atoms with Crippen molar-refractivity contribution >= 4 is 34.8 Å². The zero-order valence-electron chi connectivity index (χ0n) is 22.0. The topological polar surface area (TPSA) is 77.3 Å². The highest BCUT2D eigenvalue weighted by Gasteiger charge is 2.16. The second-order valence-electron chi connectivity index (χ2n) is 8.93. The van der Waals surface area contributed by atoms with Crippen LogP contribution in [0.1, 0.15) is 25.2 Å². The number of hydrogen-bond acceptors (Lipinski definition) is 7. The zero-order chi connectivity index (χ0) is 25.1. The van der Waals surface area contributed by atoms with Gasteiger partial charge in [-0.05, 0) is 32.0 Å². The van der Waals surface area contributed by atoms with Gasteiger partial charge < -0.3 is 19.7 Å². The molecule has 192 valence electrons. The van der Waals surface area contributed by atoms with Crippen LogP contribution in [0.15, 0.2) is 42.6 Å². The molecular formula is C27H35ClN6O2. The predicted octanol–water partition coefficient (Wildman–Crippen LogP) is 5.22. The molecule has 1 N–H and O–H groups in total. The number of nitrogens with zero attached hydrogens (tertiary/aromatic N) is 5. The van der Waals surface area contributed by atoms with E-state index in [1.165, 1.54) is 0 Å². The van der Waals surface area contributed by atoms with E-state index in [1.807, 2.05) is 49.1 Å². The van der Waals surface area contributed by atoms with E-state index in [4.69, 9.17) is 19.4 Å². The third-order valence-electron chi connectivity index (χ3n) is 6.14. The van der Waals surface area contributed by atoms with Crippen LogP contribution in [0.3, 0.4) is 0 Å². The normalized spacial score (nSPS) is 11.0. The number of rotatable bonds is 9. The highest BCUT2D eigenvalue weighted by atomic mass is 35.5. The average molecular weight is 511 g/mol. The first kappa shape index (κ1) is 27.2. The lowest BCUT2D eigenvalue weighted by molar-refractivity contribution is 0.394. The Morgan fingerprint density at radius 1 is 0.972 bits per heavy atom. The molecule has 4 aromatic rings. The van der Waals surface area contributed by atoms with Gasteiger partial charge >= 0.3 is 0 Å². The van der Waals surface area contributed by atoms with Crippen LogP contribution in [0.5, 0.6) is 11.5 Å². The first-order valence-electron chi connectivity index (χ1n) is 11.8. The first-order chi connectivity index (χ1) is 16.8. The summed E-state index contributed by atoms with van der Waals surface area (Å²) in [6.45, 7) is 9.92. The van der Waals surface area contributed by atoms with Crippen LogP contribution in [0.4, 0.5) is 11.4 Å². The quantitative estimate of drug-likeness (QED) is 0.330. The fourth-order valence-corrected chi connectivity index (χ4v) is 4.25. The van der Waals surface area contributed by atoms with E-state index in [-0.39, 0.29) is 12.4 Å². The number of fused-ring (bicyclic) bond motifs is 1. The van der Waals surface area contributed by atoms with Gasteiger partial charge in [-0.2, -0.15) is 5.10 Å². The summed E-state index contributed by atoms with van der Waals surface area (Å²) in [6, 6.07) is 12.5. The Morgan fingerprint density at radius 2 is 1.67 bits per heavy atom. The molecule has 2 aromatic carbocycles. The molecular weight excluding hydrogens is 476 g/mol. The van der Waals surface area contributed by atoms with Crippen molar-refractivity contribution in [1.29, 1.82) is 0 Å². The summed E-state index contributed by atoms with van der Waals surface area (Å²) < 4.78 is 12.9. The third kappa shape index (κ3) is 5.71. The number of nitrogens with one attached hydrogen (secondary N) is 1. The molecule has 0 bridgehead atoms. The molecule has 0 aliphatic heterocycles. The molecule has 2 heterocycles. The van der Waals surface area contributed by atoms with E-state index >= 15 is 0 Å². The van der Waals surface area contributed by atoms with Gasteiger partial charge in [-0.25, -0.2) is 4.98 Å². The molecule has 4 rings (SSSR count). The lowest BCUT2D eigenvalue weighted by atomic mass is 10.1. The Kier molecular flexibility index (Phi) is 8.76. The van der Waals surface area contributed by atoms with Crippen molar-refractivity contribution in [2.24, 2.45) is 7.05 Å². The summed E-state index contributed by atoms with van der Waals surface area (Å²) in [5.41, 5.74) is 7.55. The van der Waals surface area contributed by atoms with Crippen molar-refractivity contribution in [3.8, 4) is 22.8 Å². The molecule has 0 saturated carbocycles. The molecule has 0 atom stereocenters. The first-order valence-corrected chi connectivity index (χ1v) is 11.8. The summed E-state index contributed by atoms with van der Waals surface area (Å²) in [6.07, 6.45) is 1.83. The van der Waals surface area contributed by atoms with E-state index in [2.05, 4.69) is 48.2 Å². The van der Waals surface area contributed by atoms with Gasteiger partial charge in [0.15, 0.2) is 0 Å². The molecule has 0 amide bonds. The van der Waals surface area contributed by atoms with Crippen molar-refractivity contribution in [3.05, 3.63) is 54.0 Å². The van der Waals surface area contributed by atoms with Crippen LogP contribution in [0.2, 0.25) is 0 Å². The van der Waals surface area contributed by atoms with Gasteiger partial charge in [-0.1, -0.05) is 13.8 Å². The molecule has 0 spiro atoms. The van der Waals surface area contributed by atoms with Gasteiger partial charge in [0, 0.05) is 67.0 Å². The van der Waals surface area contributed by atoms with Crippen molar-refractivity contribution in [2.45, 2.75) is 33.7 Å². The second-order valence-corrected chi connectivity index (χ2v) is 8.93. The number of methoxy groups -OCH3 is 2. The van der Waals surface area contributed by atoms with Crippen molar-refractivity contribution in [1.82, 2.24) is 25.1 Å². The number of anilines is 2. The van der Waals surface area contributed by atoms with Crippen molar-refractivity contribution < 1.29 is 9.47 Å². The average Bonchev–Trinajstić information content (AvgIpc) is 3.11. The molecule has 0 saturated heterocycles. The fraction of sp³-hybridized carbons (Fsp3) is 0.370. The standard InChI is InChI=1S/C27H34N6O2.ClH/c1-17(2)28-10-11-33(21-12-22(34-6)15-23(13-21)35-7)20-8-9-24-25(14-20)30-26(16-29-24)27-18(3)31-32(5)19(27)4;/h8-9,12-17,28H,10-11H2,1-7H3;1H. The molecule has 0 fully saturated rings. The Balaban J connectivity index is 0.00000361. The number of hydrogen-bond donors (Lipinski definition) is 1. The van der Waals surface area contributed by atoms with E-state index in [9.17, 15) is 0 Å². The Hall–Kier alpha value is -3.36. The minimum Gasteiger partial charge on any atom is -0.497 e. The molecule has 8 nitrogen and oxygen atoms in total. The van der Waals surface area contributed by atoms with Gasteiger partial charge in [0.1, 0.15) is 11.5 Å². The SMILES string of the molecule is COc1cc(OC)cc(N(CCNC(C)C)c2ccc3ncc(-c4c(C)nn(C)c4C)nc3c2)c1.Cl. The van der Waals surface area contributed by atoms with Crippen LogP contribution < -0.4 is 19.7 Å². The largest absolute Gasteiger partial charge is 0.497 e. The predicted molar refractivity (Wildman–Crippen MR) is 148 cm³/mol. The zero-order valence-corrected chi connectivity index (χ0v) is 22.8. The van der Waals surface area contributed by atoms with Crippen molar-refractivity contribution in [2.75, 3.05) is 32.2 Å². The maximum atomic E-state index is 5.53. The molecule has 0 aliphatic rings.